The molecule has 1 aliphatic rings. The summed E-state index contributed by atoms with van der Waals surface area (Å²) in [7, 11) is 0. The van der Waals surface area contributed by atoms with Gasteiger partial charge in [-0.25, -0.2) is 4.39 Å². The van der Waals surface area contributed by atoms with Gasteiger partial charge in [-0.05, 0) is 30.7 Å². The van der Waals surface area contributed by atoms with E-state index in [1.54, 1.807) is 13.0 Å². The van der Waals surface area contributed by atoms with Crippen molar-refractivity contribution in [2.75, 3.05) is 19.7 Å². The second kappa shape index (κ2) is 5.38. The molecule has 92 valence electrons. The first-order valence-electron chi connectivity index (χ1n) is 5.78. The zero-order valence-electron chi connectivity index (χ0n) is 9.83. The molecule has 0 aromatic heterocycles. The first kappa shape index (κ1) is 12.2. The van der Waals surface area contributed by atoms with Gasteiger partial charge in [-0.15, -0.1) is 0 Å². The van der Waals surface area contributed by atoms with Crippen LogP contribution in [0.1, 0.15) is 22.3 Å². The van der Waals surface area contributed by atoms with Crippen LogP contribution in [0.15, 0.2) is 18.2 Å². The Morgan fingerprint density at radius 2 is 2.35 bits per heavy atom. The molecule has 0 saturated carbocycles. The lowest BCUT2D eigenvalue weighted by molar-refractivity contribution is 0.0240. The van der Waals surface area contributed by atoms with Gasteiger partial charge in [0.15, 0.2) is 5.78 Å². The van der Waals surface area contributed by atoms with E-state index in [0.29, 0.717) is 25.1 Å². The molecule has 1 N–H and O–H groups in total. The van der Waals surface area contributed by atoms with Crippen LogP contribution in [0.25, 0.3) is 0 Å². The minimum atomic E-state index is -0.365. The van der Waals surface area contributed by atoms with Crippen LogP contribution in [-0.2, 0) is 4.74 Å². The van der Waals surface area contributed by atoms with Crippen LogP contribution in [0.4, 0.5) is 4.39 Å². The lowest BCUT2D eigenvalue weighted by Crippen LogP contribution is -2.39. The molecule has 0 amide bonds. The molecular weight excluding hydrogens is 221 g/mol. The molecule has 3 nitrogen and oxygen atoms in total. The molecule has 0 bridgehead atoms. The number of halogens is 1. The van der Waals surface area contributed by atoms with Gasteiger partial charge >= 0.3 is 0 Å². The Hall–Kier alpha value is -1.26. The summed E-state index contributed by atoms with van der Waals surface area (Å²) in [6.45, 7) is 3.91. The number of Topliss-reactive ketones (excluding diaryl/α,β-unsaturated/α-hetero) is 1. The van der Waals surface area contributed by atoms with Crippen LogP contribution in [0, 0.1) is 12.7 Å². The molecule has 0 aliphatic carbocycles. The number of carbonyl (C=O) groups is 1. The predicted molar refractivity (Wildman–Crippen MR) is 62.7 cm³/mol. The molecule has 17 heavy (non-hydrogen) atoms. The average Bonchev–Trinajstić information content (AvgIpc) is 2.29. The van der Waals surface area contributed by atoms with Gasteiger partial charge in [0.25, 0.3) is 0 Å². The van der Waals surface area contributed by atoms with Gasteiger partial charge in [0.1, 0.15) is 5.82 Å². The van der Waals surface area contributed by atoms with Crippen molar-refractivity contribution in [1.82, 2.24) is 5.32 Å². The van der Waals surface area contributed by atoms with E-state index in [-0.39, 0.29) is 17.7 Å². The Labute approximate surface area is 100.0 Å². The topological polar surface area (TPSA) is 38.3 Å². The number of ketones is 1. The Balaban J connectivity index is 2.03. The lowest BCUT2D eigenvalue weighted by atomic mass is 10.0. The van der Waals surface area contributed by atoms with Crippen LogP contribution in [0.2, 0.25) is 0 Å². The normalized spacial score (nSPS) is 20.2. The highest BCUT2D eigenvalue weighted by atomic mass is 19.1. The molecule has 1 heterocycles. The van der Waals surface area contributed by atoms with Crippen molar-refractivity contribution in [2.45, 2.75) is 19.4 Å². The Morgan fingerprint density at radius 1 is 1.53 bits per heavy atom. The highest BCUT2D eigenvalue weighted by Gasteiger charge is 2.18. The Kier molecular flexibility index (Phi) is 3.86. The molecular formula is C13H16FNO2. The summed E-state index contributed by atoms with van der Waals surface area (Å²) < 4.78 is 18.6. The maximum Gasteiger partial charge on any atom is 0.165 e. The van der Waals surface area contributed by atoms with Crippen LogP contribution in [0.5, 0.6) is 0 Å². The van der Waals surface area contributed by atoms with Crippen molar-refractivity contribution in [3.05, 3.63) is 35.1 Å². The monoisotopic (exact) mass is 237 g/mol. The summed E-state index contributed by atoms with van der Waals surface area (Å²) in [5.74, 6) is -0.433. The third kappa shape index (κ3) is 3.35. The Morgan fingerprint density at radius 3 is 3.00 bits per heavy atom. The lowest BCUT2D eigenvalue weighted by Gasteiger charge is -2.22. The number of benzene rings is 1. The first-order chi connectivity index (χ1) is 8.15. The second-order valence-electron chi connectivity index (χ2n) is 4.34. The van der Waals surface area contributed by atoms with E-state index in [1.165, 1.54) is 12.1 Å². The van der Waals surface area contributed by atoms with E-state index in [4.69, 9.17) is 4.74 Å². The van der Waals surface area contributed by atoms with Gasteiger partial charge in [0.2, 0.25) is 0 Å². The van der Waals surface area contributed by atoms with Crippen molar-refractivity contribution in [3.63, 3.8) is 0 Å². The van der Waals surface area contributed by atoms with Crippen molar-refractivity contribution in [1.29, 1.82) is 0 Å². The summed E-state index contributed by atoms with van der Waals surface area (Å²) in [5.41, 5.74) is 1.19. The van der Waals surface area contributed by atoms with E-state index < -0.39 is 0 Å². The molecule has 1 atom stereocenters. The first-order valence-corrected chi connectivity index (χ1v) is 5.78. The maximum atomic E-state index is 13.2. The smallest absolute Gasteiger partial charge is 0.165 e. The van der Waals surface area contributed by atoms with E-state index in [0.717, 1.165) is 12.1 Å². The zero-order chi connectivity index (χ0) is 12.3. The third-order valence-corrected chi connectivity index (χ3v) is 2.78. The third-order valence-electron chi connectivity index (χ3n) is 2.78. The molecule has 1 aliphatic heterocycles. The van der Waals surface area contributed by atoms with Crippen LogP contribution < -0.4 is 5.32 Å². The SMILES string of the molecule is Cc1cc(F)cc(C(=O)CC2CNCCO2)c1. The summed E-state index contributed by atoms with van der Waals surface area (Å²) in [4.78, 5) is 11.9. The van der Waals surface area contributed by atoms with Crippen LogP contribution >= 0.6 is 0 Å². The van der Waals surface area contributed by atoms with E-state index in [1.807, 2.05) is 0 Å². The molecule has 4 heteroatoms. The van der Waals surface area contributed by atoms with Crippen molar-refractivity contribution < 1.29 is 13.9 Å². The fourth-order valence-corrected chi connectivity index (χ4v) is 1.97. The molecule has 0 spiro atoms. The van der Waals surface area contributed by atoms with Gasteiger partial charge in [0.05, 0.1) is 12.7 Å². The van der Waals surface area contributed by atoms with Crippen LogP contribution in [0.3, 0.4) is 0 Å². The number of aryl methyl sites for hydroxylation is 1. The van der Waals surface area contributed by atoms with Gasteiger partial charge in [0, 0.05) is 25.1 Å². The van der Waals surface area contributed by atoms with Gasteiger partial charge in [-0.1, -0.05) is 0 Å². The molecule has 1 aromatic rings. The van der Waals surface area contributed by atoms with Crippen molar-refractivity contribution in [2.24, 2.45) is 0 Å². The maximum absolute atomic E-state index is 13.2. The fraction of sp³-hybridized carbons (Fsp3) is 0.462. The quantitative estimate of drug-likeness (QED) is 0.813. The fourth-order valence-electron chi connectivity index (χ4n) is 1.97. The minimum absolute atomic E-state index is 0.0682. The zero-order valence-corrected chi connectivity index (χ0v) is 9.83. The molecule has 1 unspecified atom stereocenters. The number of ether oxygens (including phenoxy) is 1. The van der Waals surface area contributed by atoms with Crippen LogP contribution in [-0.4, -0.2) is 31.6 Å². The number of hydrogen-bond donors (Lipinski definition) is 1. The predicted octanol–water partition coefficient (Wildman–Crippen LogP) is 1.70. The van der Waals surface area contributed by atoms with E-state index >= 15 is 0 Å². The summed E-state index contributed by atoms with van der Waals surface area (Å²) in [5, 5.41) is 3.16. The summed E-state index contributed by atoms with van der Waals surface area (Å²) >= 11 is 0. The minimum Gasteiger partial charge on any atom is -0.375 e. The molecule has 1 fully saturated rings. The highest BCUT2D eigenvalue weighted by molar-refractivity contribution is 5.96. The highest BCUT2D eigenvalue weighted by Crippen LogP contribution is 2.13. The van der Waals surface area contributed by atoms with Gasteiger partial charge < -0.3 is 10.1 Å². The van der Waals surface area contributed by atoms with Crippen molar-refractivity contribution >= 4 is 5.78 Å². The molecule has 1 aromatic carbocycles. The number of carbonyl (C=O) groups excluding carboxylic acids is 1. The standard InChI is InChI=1S/C13H16FNO2/c1-9-4-10(6-11(14)5-9)13(16)7-12-8-15-2-3-17-12/h4-6,12,15H,2-3,7-8H2,1H3. The van der Waals surface area contributed by atoms with E-state index in [2.05, 4.69) is 5.32 Å². The number of morpholine rings is 1. The largest absolute Gasteiger partial charge is 0.375 e. The second-order valence-corrected chi connectivity index (χ2v) is 4.34. The average molecular weight is 237 g/mol. The van der Waals surface area contributed by atoms with Crippen molar-refractivity contribution in [3.8, 4) is 0 Å². The number of hydrogen-bond acceptors (Lipinski definition) is 3. The molecule has 2 rings (SSSR count). The number of rotatable bonds is 3. The molecule has 0 radical (unpaired) electrons. The summed E-state index contributed by atoms with van der Waals surface area (Å²) in [6, 6.07) is 4.41. The molecule has 1 saturated heterocycles. The summed E-state index contributed by atoms with van der Waals surface area (Å²) in [6.07, 6.45) is 0.204. The van der Waals surface area contributed by atoms with Gasteiger partial charge in [-0.3, -0.25) is 4.79 Å². The van der Waals surface area contributed by atoms with E-state index in [9.17, 15) is 9.18 Å². The van der Waals surface area contributed by atoms with Gasteiger partial charge in [-0.2, -0.15) is 0 Å². The number of nitrogens with one attached hydrogen (secondary N) is 1. The Bertz CT molecular complexity index is 394.